The van der Waals surface area contributed by atoms with Crippen LogP contribution in [0.2, 0.25) is 0 Å². The number of nitro benzene ring substituents is 1. The van der Waals surface area contributed by atoms with Crippen LogP contribution >= 0.6 is 15.9 Å². The molecule has 2 aromatic carbocycles. The van der Waals surface area contributed by atoms with Gasteiger partial charge in [0.2, 0.25) is 0 Å². The molecule has 0 saturated carbocycles. The Balaban J connectivity index is 2.21. The first-order valence-corrected chi connectivity index (χ1v) is 7.00. The minimum Gasteiger partial charge on any atom is -0.496 e. The van der Waals surface area contributed by atoms with Crippen molar-refractivity contribution in [1.82, 2.24) is 0 Å². The van der Waals surface area contributed by atoms with Crippen LogP contribution in [0.25, 0.3) is 0 Å². The van der Waals surface area contributed by atoms with Gasteiger partial charge >= 0.3 is 0 Å². The van der Waals surface area contributed by atoms with Gasteiger partial charge in [0.25, 0.3) is 5.69 Å². The van der Waals surface area contributed by atoms with Crippen molar-refractivity contribution in [3.63, 3.8) is 0 Å². The summed E-state index contributed by atoms with van der Waals surface area (Å²) in [6.45, 7) is 2.17. The number of non-ortho nitro benzene ring substituents is 1. The van der Waals surface area contributed by atoms with Crippen LogP contribution in [0.3, 0.4) is 0 Å². The third-order valence-corrected chi connectivity index (χ3v) is 3.44. The van der Waals surface area contributed by atoms with Crippen molar-refractivity contribution >= 4 is 21.6 Å². The van der Waals surface area contributed by atoms with E-state index in [1.807, 2.05) is 25.1 Å². The Bertz CT molecular complexity index is 673. The van der Waals surface area contributed by atoms with Gasteiger partial charge in [-0.15, -0.1) is 0 Å². The maximum absolute atomic E-state index is 10.9. The molecular weight excluding hydrogens is 338 g/mol. The van der Waals surface area contributed by atoms with Crippen LogP contribution in [0.15, 0.2) is 40.9 Å². The number of benzene rings is 2. The normalized spacial score (nSPS) is 10.2. The highest BCUT2D eigenvalue weighted by Crippen LogP contribution is 2.26. The van der Waals surface area contributed by atoms with Crippen LogP contribution in [0.4, 0.5) is 5.69 Å². The van der Waals surface area contributed by atoms with Crippen molar-refractivity contribution in [2.75, 3.05) is 7.11 Å². The van der Waals surface area contributed by atoms with Gasteiger partial charge in [-0.2, -0.15) is 0 Å². The van der Waals surface area contributed by atoms with Crippen LogP contribution in [-0.2, 0) is 6.61 Å². The Hall–Kier alpha value is -2.08. The van der Waals surface area contributed by atoms with E-state index in [9.17, 15) is 10.1 Å². The molecular formula is C15H14BrNO4. The summed E-state index contributed by atoms with van der Waals surface area (Å²) in [4.78, 5) is 10.4. The summed E-state index contributed by atoms with van der Waals surface area (Å²) >= 11 is 3.39. The monoisotopic (exact) mass is 351 g/mol. The first-order chi connectivity index (χ1) is 9.99. The van der Waals surface area contributed by atoms with Crippen LogP contribution in [0.1, 0.15) is 11.1 Å². The van der Waals surface area contributed by atoms with Crippen molar-refractivity contribution in [3.8, 4) is 11.5 Å². The van der Waals surface area contributed by atoms with Crippen molar-refractivity contribution in [1.29, 1.82) is 0 Å². The SMILES string of the molecule is COc1cc(COc2cc(Br)ccc2C)cc([N+](=O)[O-])c1. The zero-order valence-electron chi connectivity index (χ0n) is 11.6. The first-order valence-electron chi connectivity index (χ1n) is 6.21. The highest BCUT2D eigenvalue weighted by Gasteiger charge is 2.11. The molecule has 5 nitrogen and oxygen atoms in total. The molecule has 0 heterocycles. The summed E-state index contributed by atoms with van der Waals surface area (Å²) < 4.78 is 11.7. The van der Waals surface area contributed by atoms with E-state index in [1.54, 1.807) is 6.07 Å². The molecule has 0 aromatic heterocycles. The third-order valence-electron chi connectivity index (χ3n) is 2.94. The van der Waals surface area contributed by atoms with Gasteiger partial charge in [-0.05, 0) is 36.2 Å². The molecule has 2 rings (SSSR count). The maximum atomic E-state index is 10.9. The molecule has 110 valence electrons. The van der Waals surface area contributed by atoms with E-state index in [1.165, 1.54) is 19.2 Å². The predicted molar refractivity (Wildman–Crippen MR) is 82.9 cm³/mol. The standard InChI is InChI=1S/C15H14BrNO4/c1-10-3-4-12(16)7-15(10)21-9-11-5-13(17(18)19)8-14(6-11)20-2/h3-8H,9H2,1-2H3. The number of aryl methyl sites for hydroxylation is 1. The number of hydrogen-bond donors (Lipinski definition) is 0. The van der Waals surface area contributed by atoms with Crippen LogP contribution < -0.4 is 9.47 Å². The van der Waals surface area contributed by atoms with Crippen LogP contribution in [-0.4, -0.2) is 12.0 Å². The topological polar surface area (TPSA) is 61.6 Å². The quantitative estimate of drug-likeness (QED) is 0.596. The fourth-order valence-corrected chi connectivity index (χ4v) is 2.18. The van der Waals surface area contributed by atoms with Gasteiger partial charge in [-0.1, -0.05) is 22.0 Å². The minimum atomic E-state index is -0.448. The average Bonchev–Trinajstić information content (AvgIpc) is 2.47. The second kappa shape index (κ2) is 6.58. The summed E-state index contributed by atoms with van der Waals surface area (Å²) in [6, 6.07) is 10.3. The number of hydrogen-bond acceptors (Lipinski definition) is 4. The summed E-state index contributed by atoms with van der Waals surface area (Å²) in [7, 11) is 1.47. The second-order valence-corrected chi connectivity index (χ2v) is 5.41. The summed E-state index contributed by atoms with van der Waals surface area (Å²) in [5.74, 6) is 1.17. The van der Waals surface area contributed by atoms with Crippen LogP contribution in [0, 0.1) is 17.0 Å². The molecule has 0 amide bonds. The Morgan fingerprint density at radius 3 is 2.67 bits per heavy atom. The van der Waals surface area contributed by atoms with E-state index < -0.39 is 4.92 Å². The smallest absolute Gasteiger partial charge is 0.273 e. The molecule has 0 radical (unpaired) electrons. The fraction of sp³-hybridized carbons (Fsp3) is 0.200. The Kier molecular flexibility index (Phi) is 4.80. The lowest BCUT2D eigenvalue weighted by Crippen LogP contribution is -1.99. The molecule has 0 unspecified atom stereocenters. The Morgan fingerprint density at radius 1 is 1.24 bits per heavy atom. The van der Waals surface area contributed by atoms with E-state index in [0.29, 0.717) is 11.3 Å². The lowest BCUT2D eigenvalue weighted by atomic mass is 10.2. The van der Waals surface area contributed by atoms with Gasteiger partial charge in [0.15, 0.2) is 0 Å². The van der Waals surface area contributed by atoms with E-state index in [0.717, 1.165) is 15.8 Å². The minimum absolute atomic E-state index is 0.0149. The lowest BCUT2D eigenvalue weighted by molar-refractivity contribution is -0.385. The zero-order valence-corrected chi connectivity index (χ0v) is 13.2. The molecule has 0 spiro atoms. The van der Waals surface area contributed by atoms with Crippen molar-refractivity contribution < 1.29 is 14.4 Å². The number of methoxy groups -OCH3 is 1. The lowest BCUT2D eigenvalue weighted by Gasteiger charge is -2.10. The van der Waals surface area contributed by atoms with Gasteiger partial charge in [0, 0.05) is 10.5 Å². The largest absolute Gasteiger partial charge is 0.496 e. The summed E-state index contributed by atoms with van der Waals surface area (Å²) in [5, 5.41) is 10.9. The molecule has 6 heteroatoms. The Morgan fingerprint density at radius 2 is 2.00 bits per heavy atom. The highest BCUT2D eigenvalue weighted by atomic mass is 79.9. The highest BCUT2D eigenvalue weighted by molar-refractivity contribution is 9.10. The van der Waals surface area contributed by atoms with Crippen molar-refractivity contribution in [2.45, 2.75) is 13.5 Å². The predicted octanol–water partition coefficient (Wildman–Crippen LogP) is 4.25. The molecule has 0 aliphatic carbocycles. The van der Waals surface area contributed by atoms with Gasteiger partial charge in [0.05, 0.1) is 18.1 Å². The van der Waals surface area contributed by atoms with Gasteiger partial charge in [-0.3, -0.25) is 10.1 Å². The number of nitrogens with zero attached hydrogens (tertiary/aromatic N) is 1. The fourth-order valence-electron chi connectivity index (χ4n) is 1.84. The number of nitro groups is 1. The summed E-state index contributed by atoms with van der Waals surface area (Å²) in [6.07, 6.45) is 0. The maximum Gasteiger partial charge on any atom is 0.273 e. The molecule has 0 fully saturated rings. The number of rotatable bonds is 5. The van der Waals surface area contributed by atoms with Crippen LogP contribution in [0.5, 0.6) is 11.5 Å². The van der Waals surface area contributed by atoms with E-state index in [2.05, 4.69) is 15.9 Å². The average molecular weight is 352 g/mol. The van der Waals surface area contributed by atoms with E-state index in [-0.39, 0.29) is 12.3 Å². The van der Waals surface area contributed by atoms with E-state index >= 15 is 0 Å². The molecule has 21 heavy (non-hydrogen) atoms. The van der Waals surface area contributed by atoms with E-state index in [4.69, 9.17) is 9.47 Å². The summed E-state index contributed by atoms with van der Waals surface area (Å²) in [5.41, 5.74) is 1.66. The zero-order chi connectivity index (χ0) is 15.4. The van der Waals surface area contributed by atoms with Gasteiger partial charge in [0.1, 0.15) is 18.1 Å². The molecule has 0 bridgehead atoms. The first kappa shape index (κ1) is 15.3. The molecule has 0 N–H and O–H groups in total. The molecule has 2 aromatic rings. The van der Waals surface area contributed by atoms with Crippen molar-refractivity contribution in [3.05, 3.63) is 62.1 Å². The van der Waals surface area contributed by atoms with Gasteiger partial charge in [-0.25, -0.2) is 0 Å². The molecule has 0 aliphatic heterocycles. The van der Waals surface area contributed by atoms with Crippen molar-refractivity contribution in [2.24, 2.45) is 0 Å². The molecule has 0 saturated heterocycles. The Labute approximate surface area is 130 Å². The number of halogens is 1. The molecule has 0 atom stereocenters. The number of ether oxygens (including phenoxy) is 2. The third kappa shape index (κ3) is 3.95. The second-order valence-electron chi connectivity index (χ2n) is 4.49. The molecule has 0 aliphatic rings. The van der Waals surface area contributed by atoms with Gasteiger partial charge < -0.3 is 9.47 Å².